The number of hydrogen-bond acceptors (Lipinski definition) is 6. The quantitative estimate of drug-likeness (QED) is 0.530. The largest absolute Gasteiger partial charge is 0.494 e. The van der Waals surface area contributed by atoms with E-state index in [0.29, 0.717) is 17.2 Å². The van der Waals surface area contributed by atoms with E-state index in [4.69, 9.17) is 4.74 Å². The topological polar surface area (TPSA) is 104 Å². The van der Waals surface area contributed by atoms with E-state index in [1.165, 1.54) is 6.33 Å². The molecule has 1 aromatic carbocycles. The number of benzene rings is 1. The fourth-order valence-electron chi connectivity index (χ4n) is 2.23. The molecule has 8 heteroatoms. The number of methoxy groups -OCH3 is 1. The van der Waals surface area contributed by atoms with Crippen molar-refractivity contribution in [2.45, 2.75) is 0 Å². The molecule has 0 saturated heterocycles. The summed E-state index contributed by atoms with van der Waals surface area (Å²) in [5, 5.41) is 18.8. The van der Waals surface area contributed by atoms with Gasteiger partial charge in [-0.05, 0) is 6.07 Å². The number of nitrogens with one attached hydrogen (secondary N) is 3. The Labute approximate surface area is 118 Å². The highest BCUT2D eigenvalue weighted by Gasteiger charge is 2.11. The van der Waals surface area contributed by atoms with Crippen molar-refractivity contribution in [2.75, 3.05) is 12.4 Å². The molecule has 0 bridgehead atoms. The molecule has 0 aliphatic carbocycles. The van der Waals surface area contributed by atoms with Gasteiger partial charge in [-0.15, -0.1) is 0 Å². The second kappa shape index (κ2) is 4.44. The maximum Gasteiger partial charge on any atom is 0.160 e. The number of ether oxygens (including phenoxy) is 1. The number of nitrogens with zero attached hydrogens (tertiary/aromatic N) is 4. The Kier molecular flexibility index (Phi) is 2.46. The van der Waals surface area contributed by atoms with Crippen molar-refractivity contribution in [3.63, 3.8) is 0 Å². The molecule has 0 saturated carbocycles. The number of anilines is 2. The van der Waals surface area contributed by atoms with Gasteiger partial charge in [-0.1, -0.05) is 0 Å². The lowest BCUT2D eigenvalue weighted by molar-refractivity contribution is 0.417. The van der Waals surface area contributed by atoms with Gasteiger partial charge in [-0.2, -0.15) is 10.2 Å². The van der Waals surface area contributed by atoms with E-state index in [9.17, 15) is 0 Å². The molecule has 0 aliphatic heterocycles. The number of aromatic amines is 2. The first kappa shape index (κ1) is 11.6. The SMILES string of the molecule is COc1cc2[nH]ncc2cc1Nc1ncnc2[nH]ncc12. The smallest absolute Gasteiger partial charge is 0.160 e. The van der Waals surface area contributed by atoms with Gasteiger partial charge in [0.1, 0.15) is 17.9 Å². The second-order valence-electron chi connectivity index (χ2n) is 4.49. The van der Waals surface area contributed by atoms with E-state index >= 15 is 0 Å². The van der Waals surface area contributed by atoms with Crippen LogP contribution in [-0.2, 0) is 0 Å². The molecule has 0 amide bonds. The minimum Gasteiger partial charge on any atom is -0.494 e. The lowest BCUT2D eigenvalue weighted by Gasteiger charge is -2.11. The maximum atomic E-state index is 5.41. The molecule has 0 spiro atoms. The van der Waals surface area contributed by atoms with Crippen LogP contribution < -0.4 is 10.1 Å². The van der Waals surface area contributed by atoms with Gasteiger partial charge in [-0.25, -0.2) is 9.97 Å². The lowest BCUT2D eigenvalue weighted by Crippen LogP contribution is -1.98. The van der Waals surface area contributed by atoms with Crippen LogP contribution in [-0.4, -0.2) is 37.5 Å². The third-order valence-corrected chi connectivity index (χ3v) is 3.26. The third kappa shape index (κ3) is 1.84. The summed E-state index contributed by atoms with van der Waals surface area (Å²) in [6.45, 7) is 0. The van der Waals surface area contributed by atoms with Crippen LogP contribution in [0.2, 0.25) is 0 Å². The zero-order chi connectivity index (χ0) is 14.2. The molecule has 8 nitrogen and oxygen atoms in total. The summed E-state index contributed by atoms with van der Waals surface area (Å²) in [7, 11) is 1.62. The Morgan fingerprint density at radius 3 is 2.90 bits per heavy atom. The van der Waals surface area contributed by atoms with Gasteiger partial charge in [0.05, 0.1) is 36.1 Å². The van der Waals surface area contributed by atoms with Crippen molar-refractivity contribution >= 4 is 33.4 Å². The molecule has 0 aliphatic rings. The number of aromatic nitrogens is 6. The van der Waals surface area contributed by atoms with Crippen molar-refractivity contribution in [1.29, 1.82) is 0 Å². The predicted octanol–water partition coefficient (Wildman–Crippen LogP) is 1.98. The third-order valence-electron chi connectivity index (χ3n) is 3.26. The summed E-state index contributed by atoms with van der Waals surface area (Å²) < 4.78 is 5.41. The summed E-state index contributed by atoms with van der Waals surface area (Å²) >= 11 is 0. The van der Waals surface area contributed by atoms with Crippen LogP contribution in [0.5, 0.6) is 5.75 Å². The van der Waals surface area contributed by atoms with Crippen LogP contribution in [0.3, 0.4) is 0 Å². The Hall–Kier alpha value is -3.16. The molecule has 3 N–H and O–H groups in total. The molecule has 0 radical (unpaired) electrons. The molecule has 4 rings (SSSR count). The van der Waals surface area contributed by atoms with Crippen LogP contribution in [0.4, 0.5) is 11.5 Å². The van der Waals surface area contributed by atoms with Crippen LogP contribution in [0.15, 0.2) is 30.9 Å². The van der Waals surface area contributed by atoms with Gasteiger partial charge < -0.3 is 10.1 Å². The van der Waals surface area contributed by atoms with Crippen molar-refractivity contribution in [2.24, 2.45) is 0 Å². The first-order chi connectivity index (χ1) is 10.3. The van der Waals surface area contributed by atoms with E-state index in [1.54, 1.807) is 19.5 Å². The van der Waals surface area contributed by atoms with Gasteiger partial charge in [-0.3, -0.25) is 10.2 Å². The van der Waals surface area contributed by atoms with Gasteiger partial charge >= 0.3 is 0 Å². The first-order valence-electron chi connectivity index (χ1n) is 6.27. The van der Waals surface area contributed by atoms with Gasteiger partial charge in [0.2, 0.25) is 0 Å². The van der Waals surface area contributed by atoms with Crippen molar-refractivity contribution in [3.8, 4) is 5.75 Å². The van der Waals surface area contributed by atoms with E-state index in [2.05, 4.69) is 35.7 Å². The summed E-state index contributed by atoms with van der Waals surface area (Å²) in [6.07, 6.45) is 4.92. The van der Waals surface area contributed by atoms with Crippen LogP contribution in [0.1, 0.15) is 0 Å². The highest BCUT2D eigenvalue weighted by Crippen LogP contribution is 2.32. The zero-order valence-corrected chi connectivity index (χ0v) is 11.1. The molecule has 0 fully saturated rings. The summed E-state index contributed by atoms with van der Waals surface area (Å²) in [5.41, 5.74) is 2.39. The standard InChI is InChI=1S/C13H11N7O/c1-21-11-3-9-7(4-16-19-9)2-10(11)18-12-8-5-17-20-13(8)15-6-14-12/h2-6H,1H3,(H,16,19)(H2,14,15,17,18,20). The number of fused-ring (bicyclic) bond motifs is 2. The molecule has 21 heavy (non-hydrogen) atoms. The molecule has 4 aromatic rings. The van der Waals surface area contributed by atoms with Crippen molar-refractivity contribution < 1.29 is 4.74 Å². The van der Waals surface area contributed by atoms with Gasteiger partial charge in [0.15, 0.2) is 5.65 Å². The summed E-state index contributed by atoms with van der Waals surface area (Å²) in [6, 6.07) is 3.84. The number of rotatable bonds is 3. The van der Waals surface area contributed by atoms with Gasteiger partial charge in [0.25, 0.3) is 0 Å². The van der Waals surface area contributed by atoms with E-state index in [1.807, 2.05) is 12.1 Å². The van der Waals surface area contributed by atoms with E-state index < -0.39 is 0 Å². The predicted molar refractivity (Wildman–Crippen MR) is 77.6 cm³/mol. The monoisotopic (exact) mass is 281 g/mol. The van der Waals surface area contributed by atoms with Gasteiger partial charge in [0, 0.05) is 11.5 Å². The normalized spacial score (nSPS) is 11.1. The fourth-order valence-corrected chi connectivity index (χ4v) is 2.23. The highest BCUT2D eigenvalue weighted by atomic mass is 16.5. The first-order valence-corrected chi connectivity index (χ1v) is 6.27. The minimum atomic E-state index is 0.662. The molecule has 0 unspecified atom stereocenters. The number of hydrogen-bond donors (Lipinski definition) is 3. The van der Waals surface area contributed by atoms with Crippen LogP contribution in [0.25, 0.3) is 21.9 Å². The second-order valence-corrected chi connectivity index (χ2v) is 4.49. The van der Waals surface area contributed by atoms with E-state index in [-0.39, 0.29) is 0 Å². The van der Waals surface area contributed by atoms with Crippen molar-refractivity contribution in [1.82, 2.24) is 30.4 Å². The molecule has 0 atom stereocenters. The molecule has 3 aromatic heterocycles. The zero-order valence-electron chi connectivity index (χ0n) is 11.1. The molecule has 3 heterocycles. The van der Waals surface area contributed by atoms with Crippen LogP contribution in [0, 0.1) is 0 Å². The average molecular weight is 281 g/mol. The molecular formula is C13H11N7O. The summed E-state index contributed by atoms with van der Waals surface area (Å²) in [4.78, 5) is 8.37. The van der Waals surface area contributed by atoms with E-state index in [0.717, 1.165) is 22.0 Å². The minimum absolute atomic E-state index is 0.662. The number of H-pyrrole nitrogens is 2. The maximum absolute atomic E-state index is 5.41. The Bertz CT molecular complexity index is 926. The molecule has 104 valence electrons. The fraction of sp³-hybridized carbons (Fsp3) is 0.0769. The Morgan fingerprint density at radius 2 is 2.00 bits per heavy atom. The Balaban J connectivity index is 1.84. The summed E-state index contributed by atoms with van der Waals surface area (Å²) in [5.74, 6) is 1.36. The van der Waals surface area contributed by atoms with Crippen molar-refractivity contribution in [3.05, 3.63) is 30.9 Å². The van der Waals surface area contributed by atoms with Crippen LogP contribution >= 0.6 is 0 Å². The highest BCUT2D eigenvalue weighted by molar-refractivity contribution is 5.91. The molecular weight excluding hydrogens is 270 g/mol. The Morgan fingerprint density at radius 1 is 1.10 bits per heavy atom. The average Bonchev–Trinajstić information content (AvgIpc) is 3.15. The lowest BCUT2D eigenvalue weighted by atomic mass is 10.2.